The predicted molar refractivity (Wildman–Crippen MR) is 134 cm³/mol. The Balaban J connectivity index is 1.40. The van der Waals surface area contributed by atoms with E-state index < -0.39 is 11.5 Å². The average Bonchev–Trinajstić information content (AvgIpc) is 3.13. The summed E-state index contributed by atoms with van der Waals surface area (Å²) in [5, 5.41) is 31.8. The zero-order valence-electron chi connectivity index (χ0n) is 20.2. The Hall–Kier alpha value is -3.32. The number of benzene rings is 1. The third-order valence-electron chi connectivity index (χ3n) is 8.58. The van der Waals surface area contributed by atoms with Gasteiger partial charge in [0.1, 0.15) is 11.6 Å². The number of fused-ring (bicyclic) bond motifs is 2. The number of nitrogens with zero attached hydrogens (tertiary/aromatic N) is 2. The second-order valence-corrected chi connectivity index (χ2v) is 10.5. The van der Waals surface area contributed by atoms with Crippen LogP contribution in [0.4, 0.5) is 0 Å². The summed E-state index contributed by atoms with van der Waals surface area (Å²) in [5.74, 6) is 0.674. The number of hydrogen-bond acceptors (Lipinski definition) is 7. The molecule has 1 aromatic carbocycles. The summed E-state index contributed by atoms with van der Waals surface area (Å²) in [6.45, 7) is 5.27. The number of rotatable bonds is 5. The van der Waals surface area contributed by atoms with Crippen molar-refractivity contribution >= 4 is 11.8 Å². The van der Waals surface area contributed by atoms with Crippen LogP contribution in [0.3, 0.4) is 0 Å². The average molecular weight is 492 g/mol. The lowest BCUT2D eigenvalue weighted by Crippen LogP contribution is -2.65. The smallest absolute Gasteiger partial charge is 0.235 e. The Morgan fingerprint density at radius 3 is 2.75 bits per heavy atom. The number of piperidine rings is 1. The quantitative estimate of drug-likeness (QED) is 0.282. The third-order valence-corrected chi connectivity index (χ3v) is 8.58. The van der Waals surface area contributed by atoms with Crippen LogP contribution in [0.15, 0.2) is 60.5 Å². The lowest BCUT2D eigenvalue weighted by molar-refractivity contribution is -0.153. The molecule has 36 heavy (non-hydrogen) atoms. The summed E-state index contributed by atoms with van der Waals surface area (Å²) in [5.41, 5.74) is 6.62. The van der Waals surface area contributed by atoms with E-state index in [0.29, 0.717) is 43.6 Å². The molecular formula is C28H33N3O5. The maximum absolute atomic E-state index is 13.4. The highest BCUT2D eigenvalue weighted by Gasteiger charge is 2.55. The molecule has 190 valence electrons. The molecule has 8 nitrogen and oxygen atoms in total. The first-order chi connectivity index (χ1) is 17.3. The zero-order valence-corrected chi connectivity index (χ0v) is 20.2. The highest BCUT2D eigenvalue weighted by molar-refractivity contribution is 5.90. The number of hydrogen-bond donors (Lipinski definition) is 4. The first-order valence-electron chi connectivity index (χ1n) is 12.6. The number of aliphatic hydroxyl groups is 1. The number of phenolic OH excluding ortho intramolecular Hbond substituents is 2. The molecule has 5 N–H and O–H groups in total. The fourth-order valence-electron chi connectivity index (χ4n) is 6.82. The first-order valence-corrected chi connectivity index (χ1v) is 12.6. The SMILES string of the molecule is C=CCN1CCC2CC(N3C(=O)C4C=C(N)C=CC4C3=C=O)CCC2(O)[C@H]1Cc1ccc(O)c(O)c1. The molecule has 2 aliphatic heterocycles. The van der Waals surface area contributed by atoms with Crippen LogP contribution in [0, 0.1) is 17.8 Å². The van der Waals surface area contributed by atoms with Crippen LogP contribution in [0.5, 0.6) is 11.5 Å². The summed E-state index contributed by atoms with van der Waals surface area (Å²) in [4.78, 5) is 29.2. The van der Waals surface area contributed by atoms with Crippen molar-refractivity contribution in [1.29, 1.82) is 0 Å². The van der Waals surface area contributed by atoms with Gasteiger partial charge in [0, 0.05) is 30.2 Å². The Bertz CT molecular complexity index is 1190. The van der Waals surface area contributed by atoms with Gasteiger partial charge in [-0.1, -0.05) is 18.2 Å². The van der Waals surface area contributed by atoms with E-state index in [-0.39, 0.29) is 41.3 Å². The molecule has 5 unspecified atom stereocenters. The summed E-state index contributed by atoms with van der Waals surface area (Å²) in [7, 11) is 0. The van der Waals surface area contributed by atoms with E-state index in [1.165, 1.54) is 6.07 Å². The summed E-state index contributed by atoms with van der Waals surface area (Å²) < 4.78 is 0. The van der Waals surface area contributed by atoms with E-state index in [2.05, 4.69) is 11.5 Å². The van der Waals surface area contributed by atoms with E-state index in [4.69, 9.17) is 5.73 Å². The topological polar surface area (TPSA) is 127 Å². The van der Waals surface area contributed by atoms with Crippen molar-refractivity contribution in [3.05, 3.63) is 66.0 Å². The van der Waals surface area contributed by atoms with Crippen molar-refractivity contribution in [2.24, 2.45) is 23.5 Å². The molecule has 5 rings (SSSR count). The predicted octanol–water partition coefficient (Wildman–Crippen LogP) is 2.00. The Labute approximate surface area is 210 Å². The Morgan fingerprint density at radius 2 is 2.03 bits per heavy atom. The molecule has 2 saturated heterocycles. The number of carbonyl (C=O) groups is 1. The number of carbonyl (C=O) groups excluding carboxylic acids is 2. The van der Waals surface area contributed by atoms with Crippen LogP contribution in [-0.2, 0) is 16.0 Å². The van der Waals surface area contributed by atoms with Crippen LogP contribution in [-0.4, -0.2) is 67.7 Å². The van der Waals surface area contributed by atoms with Crippen LogP contribution in [0.2, 0.25) is 0 Å². The van der Waals surface area contributed by atoms with Crippen molar-refractivity contribution in [2.45, 2.75) is 49.8 Å². The number of phenols is 2. The van der Waals surface area contributed by atoms with Gasteiger partial charge in [-0.05, 0) is 74.4 Å². The van der Waals surface area contributed by atoms with Gasteiger partial charge in [0.2, 0.25) is 5.91 Å². The highest BCUT2D eigenvalue weighted by atomic mass is 16.3. The first kappa shape index (κ1) is 24.4. The van der Waals surface area contributed by atoms with E-state index >= 15 is 0 Å². The van der Waals surface area contributed by atoms with Crippen molar-refractivity contribution < 1.29 is 24.9 Å². The Kier molecular flexibility index (Phi) is 6.29. The fourth-order valence-corrected chi connectivity index (χ4v) is 6.82. The van der Waals surface area contributed by atoms with Crippen molar-refractivity contribution in [3.63, 3.8) is 0 Å². The van der Waals surface area contributed by atoms with E-state index in [1.807, 2.05) is 18.1 Å². The molecule has 3 fully saturated rings. The van der Waals surface area contributed by atoms with Gasteiger partial charge in [-0.15, -0.1) is 6.58 Å². The minimum absolute atomic E-state index is 0.0625. The lowest BCUT2D eigenvalue weighted by atomic mass is 9.64. The van der Waals surface area contributed by atoms with E-state index in [9.17, 15) is 24.9 Å². The lowest BCUT2D eigenvalue weighted by Gasteiger charge is -2.55. The molecule has 0 aromatic heterocycles. The van der Waals surface area contributed by atoms with Gasteiger partial charge in [-0.25, -0.2) is 4.79 Å². The molecule has 1 saturated carbocycles. The molecule has 0 bridgehead atoms. The summed E-state index contributed by atoms with van der Waals surface area (Å²) >= 11 is 0. The Morgan fingerprint density at radius 1 is 1.22 bits per heavy atom. The van der Waals surface area contributed by atoms with Crippen LogP contribution in [0.25, 0.3) is 0 Å². The number of likely N-dealkylation sites (tertiary alicyclic amines) is 2. The molecule has 2 heterocycles. The van der Waals surface area contributed by atoms with Crippen molar-refractivity contribution in [3.8, 4) is 11.5 Å². The van der Waals surface area contributed by atoms with Gasteiger partial charge in [-0.3, -0.25) is 9.69 Å². The summed E-state index contributed by atoms with van der Waals surface area (Å²) in [6.07, 6.45) is 9.99. The van der Waals surface area contributed by atoms with Gasteiger partial charge in [-0.2, -0.15) is 0 Å². The van der Waals surface area contributed by atoms with Gasteiger partial charge in [0.15, 0.2) is 11.5 Å². The van der Waals surface area contributed by atoms with Crippen LogP contribution >= 0.6 is 0 Å². The normalized spacial score (nSPS) is 34.1. The summed E-state index contributed by atoms with van der Waals surface area (Å²) in [6, 6.07) is 4.36. The molecule has 2 aliphatic carbocycles. The molecule has 8 heteroatoms. The van der Waals surface area contributed by atoms with Gasteiger partial charge in [0.25, 0.3) is 0 Å². The zero-order chi connectivity index (χ0) is 25.6. The fraction of sp³-hybridized carbons (Fsp3) is 0.464. The molecule has 0 radical (unpaired) electrons. The molecule has 0 spiro atoms. The molecular weight excluding hydrogens is 458 g/mol. The number of nitrogens with two attached hydrogens (primary N) is 1. The monoisotopic (exact) mass is 491 g/mol. The van der Waals surface area contributed by atoms with Crippen LogP contribution in [0.1, 0.15) is 31.2 Å². The maximum atomic E-state index is 13.4. The molecule has 1 amide bonds. The van der Waals surface area contributed by atoms with Crippen molar-refractivity contribution in [2.75, 3.05) is 13.1 Å². The van der Waals surface area contributed by atoms with Crippen LogP contribution < -0.4 is 5.73 Å². The van der Waals surface area contributed by atoms with Gasteiger partial charge >= 0.3 is 0 Å². The number of aromatic hydroxyl groups is 2. The second kappa shape index (κ2) is 9.28. The van der Waals surface area contributed by atoms with Gasteiger partial charge < -0.3 is 26.0 Å². The minimum atomic E-state index is -1.00. The van der Waals surface area contributed by atoms with E-state index in [0.717, 1.165) is 18.5 Å². The second-order valence-electron chi connectivity index (χ2n) is 10.5. The highest BCUT2D eigenvalue weighted by Crippen LogP contribution is 2.48. The van der Waals surface area contributed by atoms with E-state index in [1.54, 1.807) is 29.2 Å². The molecule has 4 aliphatic rings. The van der Waals surface area contributed by atoms with Gasteiger partial charge in [0.05, 0.1) is 11.5 Å². The third kappa shape index (κ3) is 3.95. The number of allylic oxidation sites excluding steroid dienone is 2. The molecule has 6 atom stereocenters. The van der Waals surface area contributed by atoms with Crippen molar-refractivity contribution in [1.82, 2.24) is 9.80 Å². The minimum Gasteiger partial charge on any atom is -0.504 e. The molecule has 1 aromatic rings. The standard InChI is InChI=1S/C28H33N3O5/c1-2-10-30-11-8-18-14-20(31-23(16-32)21-5-4-19(29)15-22(21)27(31)35)7-9-28(18,36)26(30)13-17-3-6-24(33)25(34)12-17/h2-6,12,15,18,20-22,26,33-34,36H,1,7-11,13-14,29H2/t18?,20?,21?,22?,26-,28?/m1/s1. The maximum Gasteiger partial charge on any atom is 0.235 e. The number of amides is 1. The largest absolute Gasteiger partial charge is 0.504 e.